The van der Waals surface area contributed by atoms with Crippen LogP contribution in [0.2, 0.25) is 0 Å². The van der Waals surface area contributed by atoms with Crippen molar-refractivity contribution in [1.29, 1.82) is 0 Å². The number of furan rings is 1. The third kappa shape index (κ3) is 5.01. The summed E-state index contributed by atoms with van der Waals surface area (Å²) in [5.41, 5.74) is 10.7. The lowest BCUT2D eigenvalue weighted by atomic mass is 9.98. The number of hydrogen-bond donors (Lipinski definition) is 1. The molecular formula is C51H32N4OS. The fourth-order valence-electron chi connectivity index (χ4n) is 8.74. The summed E-state index contributed by atoms with van der Waals surface area (Å²) >= 11 is 1.83. The number of aliphatic imine (C=N–C) groups is 2. The molecule has 1 atom stereocenters. The third-order valence-corrected chi connectivity index (χ3v) is 12.5. The fraction of sp³-hybridized carbons (Fsp3) is 0.0196. The molecule has 12 rings (SSSR count). The molecule has 0 bridgehead atoms. The zero-order chi connectivity index (χ0) is 37.5. The van der Waals surface area contributed by atoms with Crippen molar-refractivity contribution in [2.24, 2.45) is 9.98 Å². The molecule has 0 spiro atoms. The Morgan fingerprint density at radius 1 is 0.526 bits per heavy atom. The minimum atomic E-state index is -0.325. The number of rotatable bonds is 5. The van der Waals surface area contributed by atoms with Crippen molar-refractivity contribution in [3.05, 3.63) is 199 Å². The van der Waals surface area contributed by atoms with E-state index in [2.05, 4.69) is 155 Å². The largest absolute Gasteiger partial charge is 0.456 e. The summed E-state index contributed by atoms with van der Waals surface area (Å²) in [5.74, 6) is 1.53. The summed E-state index contributed by atoms with van der Waals surface area (Å²) in [6.07, 6.45) is -0.325. The average Bonchev–Trinajstić information content (AvgIpc) is 3.96. The van der Waals surface area contributed by atoms with Gasteiger partial charge in [-0.05, 0) is 53.6 Å². The van der Waals surface area contributed by atoms with Gasteiger partial charge < -0.3 is 14.3 Å². The molecule has 0 saturated heterocycles. The highest BCUT2D eigenvalue weighted by atomic mass is 32.1. The summed E-state index contributed by atoms with van der Waals surface area (Å²) < 4.78 is 11.5. The minimum Gasteiger partial charge on any atom is -0.456 e. The number of benzene rings is 8. The van der Waals surface area contributed by atoms with Gasteiger partial charge in [-0.15, -0.1) is 11.3 Å². The molecule has 3 aromatic heterocycles. The Morgan fingerprint density at radius 2 is 1.21 bits per heavy atom. The van der Waals surface area contributed by atoms with Crippen LogP contribution in [0.15, 0.2) is 196 Å². The van der Waals surface area contributed by atoms with Crippen LogP contribution in [0.1, 0.15) is 22.9 Å². The Labute approximate surface area is 331 Å². The first kappa shape index (κ1) is 32.0. The molecule has 11 aromatic rings. The molecule has 4 heterocycles. The highest BCUT2D eigenvalue weighted by Crippen LogP contribution is 2.45. The van der Waals surface area contributed by atoms with Gasteiger partial charge in [0.2, 0.25) is 0 Å². The molecular weight excluding hydrogens is 717 g/mol. The normalized spacial score (nSPS) is 14.5. The lowest BCUT2D eigenvalue weighted by Crippen LogP contribution is -2.33. The van der Waals surface area contributed by atoms with Crippen LogP contribution in [-0.2, 0) is 0 Å². The van der Waals surface area contributed by atoms with Crippen molar-refractivity contribution in [2.45, 2.75) is 6.17 Å². The summed E-state index contributed by atoms with van der Waals surface area (Å²) in [6.45, 7) is 0. The Balaban J connectivity index is 1.000. The minimum absolute atomic E-state index is 0.325. The summed E-state index contributed by atoms with van der Waals surface area (Å²) in [5, 5.41) is 10.8. The molecule has 1 aliphatic heterocycles. The molecule has 57 heavy (non-hydrogen) atoms. The third-order valence-electron chi connectivity index (χ3n) is 11.3. The number of hydrogen-bond acceptors (Lipinski definition) is 5. The first-order valence-electron chi connectivity index (χ1n) is 19.2. The van der Waals surface area contributed by atoms with Gasteiger partial charge in [0, 0.05) is 53.0 Å². The van der Waals surface area contributed by atoms with Gasteiger partial charge >= 0.3 is 0 Å². The van der Waals surface area contributed by atoms with E-state index in [1.807, 2.05) is 47.7 Å². The van der Waals surface area contributed by atoms with E-state index in [-0.39, 0.29) is 6.17 Å². The van der Waals surface area contributed by atoms with Gasteiger partial charge in [-0.25, -0.2) is 9.98 Å². The number of aromatic nitrogens is 1. The van der Waals surface area contributed by atoms with Crippen LogP contribution in [0.25, 0.3) is 80.7 Å². The van der Waals surface area contributed by atoms with Gasteiger partial charge in [-0.2, -0.15) is 0 Å². The Morgan fingerprint density at radius 3 is 2.00 bits per heavy atom. The highest BCUT2D eigenvalue weighted by molar-refractivity contribution is 7.26. The van der Waals surface area contributed by atoms with E-state index in [0.717, 1.165) is 61.6 Å². The first-order chi connectivity index (χ1) is 28.3. The van der Waals surface area contributed by atoms with Crippen LogP contribution in [0.4, 0.5) is 0 Å². The molecule has 0 aliphatic carbocycles. The number of fused-ring (bicyclic) bond motifs is 9. The SMILES string of the molecule is c1ccc(C2=NC(c3cccc4sc5c(-c6ccc7c(c6)oc6cccc(-n8c9ccccc9c9ccccc98)c67)cccc5c34)NC(c3ccccc3)=N2)cc1. The van der Waals surface area contributed by atoms with E-state index in [4.69, 9.17) is 14.4 Å². The van der Waals surface area contributed by atoms with E-state index >= 15 is 0 Å². The van der Waals surface area contributed by atoms with E-state index in [9.17, 15) is 0 Å². The van der Waals surface area contributed by atoms with Crippen LogP contribution >= 0.6 is 11.3 Å². The number of para-hydroxylation sites is 2. The fourth-order valence-corrected chi connectivity index (χ4v) is 10.0. The van der Waals surface area contributed by atoms with Crippen molar-refractivity contribution >= 4 is 86.9 Å². The smallest absolute Gasteiger partial charge is 0.159 e. The van der Waals surface area contributed by atoms with Crippen LogP contribution in [0.5, 0.6) is 0 Å². The quantitative estimate of drug-likeness (QED) is 0.191. The zero-order valence-corrected chi connectivity index (χ0v) is 31.4. The van der Waals surface area contributed by atoms with Gasteiger partial charge in [0.05, 0.1) is 22.1 Å². The molecule has 1 N–H and O–H groups in total. The number of amidine groups is 2. The monoisotopic (exact) mass is 748 g/mol. The van der Waals surface area contributed by atoms with E-state index < -0.39 is 0 Å². The molecule has 8 aromatic carbocycles. The zero-order valence-electron chi connectivity index (χ0n) is 30.6. The van der Waals surface area contributed by atoms with Crippen LogP contribution in [0.3, 0.4) is 0 Å². The molecule has 5 nitrogen and oxygen atoms in total. The predicted octanol–water partition coefficient (Wildman–Crippen LogP) is 13.2. The lowest BCUT2D eigenvalue weighted by molar-refractivity contribution is 0.669. The van der Waals surface area contributed by atoms with Crippen molar-refractivity contribution in [2.75, 3.05) is 0 Å². The second-order valence-corrected chi connectivity index (χ2v) is 15.6. The van der Waals surface area contributed by atoms with E-state index in [1.165, 1.54) is 47.5 Å². The van der Waals surface area contributed by atoms with Crippen LogP contribution in [0, 0.1) is 0 Å². The molecule has 1 aliphatic rings. The molecule has 0 saturated carbocycles. The molecule has 6 heteroatoms. The predicted molar refractivity (Wildman–Crippen MR) is 238 cm³/mol. The standard InChI is InChI=1S/C51H32N4OS/c1-3-14-31(15-4-1)49-52-50(32-16-5-2-6-17-32)54-51(53-49)39-22-12-27-45-46(39)38-21-11-20-34(48(38)57-45)33-28-29-37-44(30-33)56-43-26-13-25-42(47(37)43)55-40-23-9-7-18-35(40)36-19-8-10-24-41(36)55/h1-30,51H,(H,52,53,54). The maximum atomic E-state index is 6.70. The van der Waals surface area contributed by atoms with Gasteiger partial charge in [-0.1, -0.05) is 140 Å². The van der Waals surface area contributed by atoms with Crippen molar-refractivity contribution < 1.29 is 4.42 Å². The van der Waals surface area contributed by atoms with Crippen molar-refractivity contribution in [3.8, 4) is 16.8 Å². The Bertz CT molecular complexity index is 3390. The van der Waals surface area contributed by atoms with Crippen LogP contribution < -0.4 is 5.32 Å². The molecule has 268 valence electrons. The summed E-state index contributed by atoms with van der Waals surface area (Å²) in [6, 6.07) is 64.2. The van der Waals surface area contributed by atoms with Crippen molar-refractivity contribution in [3.63, 3.8) is 0 Å². The maximum absolute atomic E-state index is 6.70. The van der Waals surface area contributed by atoms with E-state index in [1.54, 1.807) is 0 Å². The number of thiophene rings is 1. The average molecular weight is 749 g/mol. The van der Waals surface area contributed by atoms with Gasteiger partial charge in [0.15, 0.2) is 5.84 Å². The molecule has 0 amide bonds. The van der Waals surface area contributed by atoms with E-state index in [0.29, 0.717) is 0 Å². The Kier molecular flexibility index (Phi) is 7.09. The second-order valence-electron chi connectivity index (χ2n) is 14.5. The van der Waals surface area contributed by atoms with Crippen LogP contribution in [-0.4, -0.2) is 16.2 Å². The highest BCUT2D eigenvalue weighted by Gasteiger charge is 2.25. The number of nitrogens with one attached hydrogen (secondary N) is 1. The molecule has 1 unspecified atom stereocenters. The van der Waals surface area contributed by atoms with Gasteiger partial charge in [0.25, 0.3) is 0 Å². The molecule has 0 radical (unpaired) electrons. The first-order valence-corrected chi connectivity index (χ1v) is 20.0. The van der Waals surface area contributed by atoms with Gasteiger partial charge in [-0.3, -0.25) is 0 Å². The Hall–Kier alpha value is -7.28. The second kappa shape index (κ2) is 12.6. The number of nitrogens with zero attached hydrogens (tertiary/aromatic N) is 3. The maximum Gasteiger partial charge on any atom is 0.159 e. The summed E-state index contributed by atoms with van der Waals surface area (Å²) in [4.78, 5) is 10.3. The lowest BCUT2D eigenvalue weighted by Gasteiger charge is -2.24. The van der Waals surface area contributed by atoms with Crippen molar-refractivity contribution in [1.82, 2.24) is 9.88 Å². The topological polar surface area (TPSA) is 54.8 Å². The molecule has 0 fully saturated rings. The van der Waals surface area contributed by atoms with Gasteiger partial charge in [0.1, 0.15) is 23.2 Å². The summed E-state index contributed by atoms with van der Waals surface area (Å²) in [7, 11) is 0.